The molecule has 0 bridgehead atoms. The van der Waals surface area contributed by atoms with Crippen molar-refractivity contribution in [1.29, 1.82) is 0 Å². The summed E-state index contributed by atoms with van der Waals surface area (Å²) in [6.07, 6.45) is 5.26. The van der Waals surface area contributed by atoms with Gasteiger partial charge in [-0.3, -0.25) is 4.90 Å². The Kier molecular flexibility index (Phi) is 5.77. The van der Waals surface area contributed by atoms with Crippen LogP contribution in [0.25, 0.3) is 0 Å². The first-order chi connectivity index (χ1) is 7.65. The highest BCUT2D eigenvalue weighted by molar-refractivity contribution is 4.87. The summed E-state index contributed by atoms with van der Waals surface area (Å²) in [5.74, 6) is 1.61. The predicted molar refractivity (Wildman–Crippen MR) is 71.5 cm³/mol. The number of nitrogens with two attached hydrogens (primary N) is 1. The van der Waals surface area contributed by atoms with Gasteiger partial charge in [0.2, 0.25) is 0 Å². The van der Waals surface area contributed by atoms with Gasteiger partial charge in [0.15, 0.2) is 0 Å². The van der Waals surface area contributed by atoms with E-state index in [9.17, 15) is 0 Å². The van der Waals surface area contributed by atoms with Crippen molar-refractivity contribution in [2.45, 2.75) is 65.5 Å². The van der Waals surface area contributed by atoms with Gasteiger partial charge in [-0.1, -0.05) is 33.6 Å². The third-order valence-corrected chi connectivity index (χ3v) is 4.68. The minimum absolute atomic E-state index is 0.604. The predicted octanol–water partition coefficient (Wildman–Crippen LogP) is 2.87. The van der Waals surface area contributed by atoms with Gasteiger partial charge in [0.25, 0.3) is 0 Å². The number of hydrogen-bond acceptors (Lipinski definition) is 2. The van der Waals surface area contributed by atoms with Crippen molar-refractivity contribution in [3.05, 3.63) is 0 Å². The lowest BCUT2D eigenvalue weighted by molar-refractivity contribution is 0.0414. The summed E-state index contributed by atoms with van der Waals surface area (Å²) in [6.45, 7) is 11.4. The Hall–Kier alpha value is -0.0800. The van der Waals surface area contributed by atoms with E-state index in [0.717, 1.165) is 18.4 Å². The largest absolute Gasteiger partial charge is 0.329 e. The second-order valence-corrected chi connectivity index (χ2v) is 5.48. The van der Waals surface area contributed by atoms with Crippen LogP contribution in [0.4, 0.5) is 0 Å². The number of rotatable bonds is 5. The molecule has 0 radical (unpaired) electrons. The van der Waals surface area contributed by atoms with E-state index in [4.69, 9.17) is 5.73 Å². The van der Waals surface area contributed by atoms with Gasteiger partial charge in [-0.15, -0.1) is 0 Å². The first-order valence-corrected chi connectivity index (χ1v) is 7.11. The molecular formula is C14H30N2. The van der Waals surface area contributed by atoms with Gasteiger partial charge in [0.05, 0.1) is 0 Å². The van der Waals surface area contributed by atoms with Crippen molar-refractivity contribution in [1.82, 2.24) is 4.90 Å². The Morgan fingerprint density at radius 2 is 1.88 bits per heavy atom. The average Bonchev–Trinajstić information content (AvgIpc) is 2.30. The second kappa shape index (κ2) is 6.61. The molecular weight excluding hydrogens is 196 g/mol. The molecule has 2 N–H and O–H groups in total. The SMILES string of the molecule is CCC(CC)C(CN)N1CCCC(C)C1C. The molecule has 3 atom stereocenters. The van der Waals surface area contributed by atoms with E-state index in [-0.39, 0.29) is 0 Å². The first kappa shape index (κ1) is 14.0. The minimum Gasteiger partial charge on any atom is -0.329 e. The van der Waals surface area contributed by atoms with Crippen molar-refractivity contribution in [3.63, 3.8) is 0 Å². The molecule has 1 aliphatic heterocycles. The molecule has 2 nitrogen and oxygen atoms in total. The lowest BCUT2D eigenvalue weighted by atomic mass is 9.86. The fourth-order valence-electron chi connectivity index (χ4n) is 3.27. The molecule has 0 saturated carbocycles. The molecule has 1 fully saturated rings. The Morgan fingerprint density at radius 3 is 2.38 bits per heavy atom. The van der Waals surface area contributed by atoms with E-state index in [1.165, 1.54) is 32.2 Å². The van der Waals surface area contributed by atoms with Gasteiger partial charge in [-0.25, -0.2) is 0 Å². The van der Waals surface area contributed by atoms with Crippen LogP contribution in [0, 0.1) is 11.8 Å². The molecule has 0 aliphatic carbocycles. The molecule has 0 aromatic heterocycles. The lowest BCUT2D eigenvalue weighted by Crippen LogP contribution is -2.53. The zero-order valence-electron chi connectivity index (χ0n) is 11.6. The third kappa shape index (κ3) is 2.98. The van der Waals surface area contributed by atoms with Crippen LogP contribution in [0.15, 0.2) is 0 Å². The number of hydrogen-bond donors (Lipinski definition) is 1. The van der Waals surface area contributed by atoms with Crippen LogP contribution >= 0.6 is 0 Å². The lowest BCUT2D eigenvalue weighted by Gasteiger charge is -2.45. The van der Waals surface area contributed by atoms with Gasteiger partial charge in [0.1, 0.15) is 0 Å². The molecule has 0 amide bonds. The zero-order chi connectivity index (χ0) is 12.1. The fourth-order valence-corrected chi connectivity index (χ4v) is 3.27. The van der Waals surface area contributed by atoms with Crippen molar-refractivity contribution >= 4 is 0 Å². The van der Waals surface area contributed by atoms with E-state index in [0.29, 0.717) is 12.1 Å². The monoisotopic (exact) mass is 226 g/mol. The van der Waals surface area contributed by atoms with Crippen molar-refractivity contribution in [2.75, 3.05) is 13.1 Å². The zero-order valence-corrected chi connectivity index (χ0v) is 11.6. The maximum absolute atomic E-state index is 6.02. The molecule has 1 heterocycles. The molecule has 0 spiro atoms. The van der Waals surface area contributed by atoms with Crippen LogP contribution in [0.3, 0.4) is 0 Å². The molecule has 2 heteroatoms. The fraction of sp³-hybridized carbons (Fsp3) is 1.00. The van der Waals surface area contributed by atoms with Gasteiger partial charge >= 0.3 is 0 Å². The Bertz CT molecular complexity index is 187. The number of piperidine rings is 1. The molecule has 1 saturated heterocycles. The van der Waals surface area contributed by atoms with Crippen LogP contribution in [0.1, 0.15) is 53.4 Å². The highest BCUT2D eigenvalue weighted by Crippen LogP contribution is 2.28. The molecule has 1 aliphatic rings. The quantitative estimate of drug-likeness (QED) is 0.781. The summed E-state index contributed by atoms with van der Waals surface area (Å²) < 4.78 is 0. The van der Waals surface area contributed by atoms with Crippen LogP contribution in [0.5, 0.6) is 0 Å². The van der Waals surface area contributed by atoms with Gasteiger partial charge in [-0.2, -0.15) is 0 Å². The third-order valence-electron chi connectivity index (χ3n) is 4.68. The first-order valence-electron chi connectivity index (χ1n) is 7.11. The summed E-state index contributed by atoms with van der Waals surface area (Å²) in [7, 11) is 0. The highest BCUT2D eigenvalue weighted by Gasteiger charge is 2.32. The van der Waals surface area contributed by atoms with E-state index in [1.807, 2.05) is 0 Å². The number of nitrogens with zero attached hydrogens (tertiary/aromatic N) is 1. The summed E-state index contributed by atoms with van der Waals surface area (Å²) >= 11 is 0. The standard InChI is InChI=1S/C14H30N2/c1-5-13(6-2)14(10-15)16-9-7-8-11(3)12(16)4/h11-14H,5-10,15H2,1-4H3. The van der Waals surface area contributed by atoms with Crippen LogP contribution in [0.2, 0.25) is 0 Å². The van der Waals surface area contributed by atoms with Crippen LogP contribution < -0.4 is 5.73 Å². The topological polar surface area (TPSA) is 29.3 Å². The minimum atomic E-state index is 0.604. The molecule has 1 rings (SSSR count). The molecule has 96 valence electrons. The normalized spacial score (nSPS) is 29.6. The molecule has 0 aromatic rings. The van der Waals surface area contributed by atoms with Crippen molar-refractivity contribution < 1.29 is 0 Å². The smallest absolute Gasteiger partial charge is 0.0249 e. The summed E-state index contributed by atoms with van der Waals surface area (Å²) in [6, 6.07) is 1.32. The van der Waals surface area contributed by atoms with Crippen LogP contribution in [-0.2, 0) is 0 Å². The van der Waals surface area contributed by atoms with Crippen molar-refractivity contribution in [2.24, 2.45) is 17.6 Å². The highest BCUT2D eigenvalue weighted by atomic mass is 15.2. The Morgan fingerprint density at radius 1 is 1.25 bits per heavy atom. The Balaban J connectivity index is 2.70. The van der Waals surface area contributed by atoms with E-state index < -0.39 is 0 Å². The summed E-state index contributed by atoms with van der Waals surface area (Å²) in [4.78, 5) is 2.69. The van der Waals surface area contributed by atoms with Crippen molar-refractivity contribution in [3.8, 4) is 0 Å². The Labute approximate surface area is 102 Å². The molecule has 3 unspecified atom stereocenters. The number of likely N-dealkylation sites (tertiary alicyclic amines) is 1. The maximum Gasteiger partial charge on any atom is 0.0249 e. The van der Waals surface area contributed by atoms with Gasteiger partial charge < -0.3 is 5.73 Å². The van der Waals surface area contributed by atoms with E-state index in [2.05, 4.69) is 32.6 Å². The summed E-state index contributed by atoms with van der Waals surface area (Å²) in [5.41, 5.74) is 6.02. The van der Waals surface area contributed by atoms with E-state index >= 15 is 0 Å². The van der Waals surface area contributed by atoms with Crippen LogP contribution in [-0.4, -0.2) is 30.1 Å². The second-order valence-electron chi connectivity index (χ2n) is 5.48. The van der Waals surface area contributed by atoms with E-state index in [1.54, 1.807) is 0 Å². The van der Waals surface area contributed by atoms with Gasteiger partial charge in [-0.05, 0) is 38.1 Å². The summed E-state index contributed by atoms with van der Waals surface area (Å²) in [5, 5.41) is 0. The molecule has 0 aromatic carbocycles. The maximum atomic E-state index is 6.02. The van der Waals surface area contributed by atoms with Gasteiger partial charge in [0, 0.05) is 18.6 Å². The average molecular weight is 226 g/mol. The molecule has 16 heavy (non-hydrogen) atoms.